The van der Waals surface area contributed by atoms with E-state index < -0.39 is 6.10 Å². The molecule has 0 saturated carbocycles. The molecule has 1 saturated heterocycles. The van der Waals surface area contributed by atoms with Crippen molar-refractivity contribution in [2.45, 2.75) is 12.6 Å². The fraction of sp³-hybridized carbons (Fsp3) is 0.600. The van der Waals surface area contributed by atoms with Crippen LogP contribution in [0.3, 0.4) is 0 Å². The molecular weight excluding hydrogens is 257 g/mol. The van der Waals surface area contributed by atoms with Gasteiger partial charge in [0.05, 0.1) is 6.10 Å². The Morgan fingerprint density at radius 3 is 2.75 bits per heavy atom. The van der Waals surface area contributed by atoms with Gasteiger partial charge in [-0.1, -0.05) is 18.2 Å². The second-order valence-corrected chi connectivity index (χ2v) is 5.49. The first kappa shape index (κ1) is 15.4. The van der Waals surface area contributed by atoms with Gasteiger partial charge in [0.25, 0.3) is 0 Å². The zero-order valence-electron chi connectivity index (χ0n) is 12.1. The zero-order valence-corrected chi connectivity index (χ0v) is 12.1. The Balaban J connectivity index is 1.75. The van der Waals surface area contributed by atoms with Gasteiger partial charge in [0.15, 0.2) is 0 Å². The molecule has 1 fully saturated rings. The number of β-amino-alcohol motifs (C(OH)–C–C–N with tert-alkyl or cyclic N) is 1. The molecule has 5 heteroatoms. The van der Waals surface area contributed by atoms with Crippen LogP contribution in [0.4, 0.5) is 4.39 Å². The van der Waals surface area contributed by atoms with E-state index in [2.05, 4.69) is 10.2 Å². The summed E-state index contributed by atoms with van der Waals surface area (Å²) in [6, 6.07) is 6.79. The molecule has 1 aromatic rings. The second kappa shape index (κ2) is 7.69. The van der Waals surface area contributed by atoms with Gasteiger partial charge in [0.2, 0.25) is 0 Å². The van der Waals surface area contributed by atoms with Crippen molar-refractivity contribution < 1.29 is 9.50 Å². The highest BCUT2D eigenvalue weighted by Crippen LogP contribution is 2.09. The van der Waals surface area contributed by atoms with Crippen LogP contribution in [0, 0.1) is 5.82 Å². The lowest BCUT2D eigenvalue weighted by atomic mass is 10.2. The lowest BCUT2D eigenvalue weighted by Crippen LogP contribution is -2.48. The number of likely N-dealkylation sites (N-methyl/N-ethyl adjacent to an activating group) is 1. The molecule has 112 valence electrons. The Kier molecular flexibility index (Phi) is 5.91. The van der Waals surface area contributed by atoms with E-state index >= 15 is 0 Å². The van der Waals surface area contributed by atoms with Gasteiger partial charge in [-0.2, -0.15) is 0 Å². The van der Waals surface area contributed by atoms with Gasteiger partial charge in [0.1, 0.15) is 5.82 Å². The number of halogens is 1. The molecule has 1 aliphatic heterocycles. The molecule has 0 aromatic heterocycles. The average molecular weight is 281 g/mol. The van der Waals surface area contributed by atoms with Gasteiger partial charge >= 0.3 is 0 Å². The van der Waals surface area contributed by atoms with Crippen molar-refractivity contribution in [1.29, 1.82) is 0 Å². The Morgan fingerprint density at radius 1 is 1.35 bits per heavy atom. The van der Waals surface area contributed by atoms with Crippen LogP contribution in [0.15, 0.2) is 24.3 Å². The van der Waals surface area contributed by atoms with Crippen LogP contribution in [-0.2, 0) is 6.54 Å². The van der Waals surface area contributed by atoms with Gasteiger partial charge in [0, 0.05) is 51.4 Å². The fourth-order valence-electron chi connectivity index (χ4n) is 2.59. The van der Waals surface area contributed by atoms with Crippen molar-refractivity contribution in [2.24, 2.45) is 0 Å². The molecule has 0 radical (unpaired) electrons. The number of aliphatic hydroxyl groups is 1. The normalized spacial score (nSPS) is 18.4. The number of nitrogens with one attached hydrogen (secondary N) is 1. The lowest BCUT2D eigenvalue weighted by Gasteiger charge is -2.30. The fourth-order valence-corrected chi connectivity index (χ4v) is 2.59. The molecule has 0 aliphatic carbocycles. The maximum Gasteiger partial charge on any atom is 0.127 e. The van der Waals surface area contributed by atoms with Crippen LogP contribution in [0.1, 0.15) is 5.56 Å². The molecule has 4 nitrogen and oxygen atoms in total. The minimum atomic E-state index is -0.398. The third-order valence-electron chi connectivity index (χ3n) is 3.60. The largest absolute Gasteiger partial charge is 0.390 e. The van der Waals surface area contributed by atoms with Crippen LogP contribution < -0.4 is 5.32 Å². The third-order valence-corrected chi connectivity index (χ3v) is 3.60. The average Bonchev–Trinajstić information content (AvgIpc) is 2.42. The van der Waals surface area contributed by atoms with Crippen molar-refractivity contribution in [3.8, 4) is 0 Å². The quantitative estimate of drug-likeness (QED) is 0.797. The molecular formula is C15H24FN3O. The maximum atomic E-state index is 13.6. The number of benzene rings is 1. The number of hydrogen-bond acceptors (Lipinski definition) is 4. The summed E-state index contributed by atoms with van der Waals surface area (Å²) >= 11 is 0. The Labute approximate surface area is 120 Å². The van der Waals surface area contributed by atoms with Crippen LogP contribution in [-0.4, -0.2) is 67.3 Å². The minimum absolute atomic E-state index is 0.184. The van der Waals surface area contributed by atoms with Crippen molar-refractivity contribution in [2.75, 3.05) is 46.3 Å². The Bertz CT molecular complexity index is 410. The standard InChI is InChI=1S/C15H24FN3O/c1-18(10-13-4-2-3-5-15(13)16)11-14(20)12-19-8-6-17-7-9-19/h2-5,14,17,20H,6-12H2,1H3. The summed E-state index contributed by atoms with van der Waals surface area (Å²) in [6.45, 7) is 5.69. The first-order valence-corrected chi connectivity index (χ1v) is 7.18. The maximum absolute atomic E-state index is 13.6. The molecule has 2 N–H and O–H groups in total. The van der Waals surface area contributed by atoms with E-state index in [4.69, 9.17) is 0 Å². The third kappa shape index (κ3) is 4.83. The Morgan fingerprint density at radius 2 is 2.05 bits per heavy atom. The van der Waals surface area contributed by atoms with Crippen molar-refractivity contribution in [3.05, 3.63) is 35.6 Å². The molecule has 2 rings (SSSR count). The summed E-state index contributed by atoms with van der Waals surface area (Å²) in [6.07, 6.45) is -0.398. The number of rotatable bonds is 6. The van der Waals surface area contributed by atoms with Crippen LogP contribution in [0.25, 0.3) is 0 Å². The number of aliphatic hydroxyl groups excluding tert-OH is 1. The van der Waals surface area contributed by atoms with Crippen molar-refractivity contribution in [1.82, 2.24) is 15.1 Å². The molecule has 1 aliphatic rings. The van der Waals surface area contributed by atoms with E-state index in [-0.39, 0.29) is 5.82 Å². The minimum Gasteiger partial charge on any atom is -0.390 e. The highest BCUT2D eigenvalue weighted by molar-refractivity contribution is 5.16. The summed E-state index contributed by atoms with van der Waals surface area (Å²) < 4.78 is 13.6. The molecule has 1 aromatic carbocycles. The summed E-state index contributed by atoms with van der Waals surface area (Å²) in [5.41, 5.74) is 0.671. The molecule has 20 heavy (non-hydrogen) atoms. The topological polar surface area (TPSA) is 38.7 Å². The first-order chi connectivity index (χ1) is 9.65. The van der Waals surface area contributed by atoms with Crippen molar-refractivity contribution >= 4 is 0 Å². The molecule has 0 spiro atoms. The summed E-state index contributed by atoms with van der Waals surface area (Å²) in [5.74, 6) is -0.184. The zero-order chi connectivity index (χ0) is 14.4. The van der Waals surface area contributed by atoms with Crippen LogP contribution >= 0.6 is 0 Å². The predicted octanol–water partition coefficient (Wildman–Crippen LogP) is 0.524. The second-order valence-electron chi connectivity index (χ2n) is 5.49. The van der Waals surface area contributed by atoms with Crippen LogP contribution in [0.2, 0.25) is 0 Å². The van der Waals surface area contributed by atoms with E-state index in [9.17, 15) is 9.50 Å². The van der Waals surface area contributed by atoms with Gasteiger partial charge in [-0.15, -0.1) is 0 Å². The van der Waals surface area contributed by atoms with E-state index in [1.807, 2.05) is 18.0 Å². The van der Waals surface area contributed by atoms with Gasteiger partial charge in [-0.25, -0.2) is 4.39 Å². The summed E-state index contributed by atoms with van der Waals surface area (Å²) in [7, 11) is 1.91. The number of hydrogen-bond donors (Lipinski definition) is 2. The first-order valence-electron chi connectivity index (χ1n) is 7.18. The van der Waals surface area contributed by atoms with E-state index in [0.717, 1.165) is 26.2 Å². The van der Waals surface area contributed by atoms with E-state index in [1.54, 1.807) is 12.1 Å². The molecule has 1 atom stereocenters. The monoisotopic (exact) mass is 281 g/mol. The highest BCUT2D eigenvalue weighted by atomic mass is 19.1. The van der Waals surface area contributed by atoms with Crippen molar-refractivity contribution in [3.63, 3.8) is 0 Å². The molecule has 1 heterocycles. The van der Waals surface area contributed by atoms with E-state index in [0.29, 0.717) is 25.2 Å². The molecule has 1 unspecified atom stereocenters. The lowest BCUT2D eigenvalue weighted by molar-refractivity contribution is 0.0749. The van der Waals surface area contributed by atoms with Crippen LogP contribution in [0.5, 0.6) is 0 Å². The SMILES string of the molecule is CN(Cc1ccccc1F)CC(O)CN1CCNCC1. The summed E-state index contributed by atoms with van der Waals surface area (Å²) in [5, 5.41) is 13.4. The Hall–Kier alpha value is -1.01. The molecule has 0 amide bonds. The van der Waals surface area contributed by atoms with E-state index in [1.165, 1.54) is 6.07 Å². The molecule has 0 bridgehead atoms. The summed E-state index contributed by atoms with van der Waals surface area (Å²) in [4.78, 5) is 4.23. The number of piperazine rings is 1. The van der Waals surface area contributed by atoms with Gasteiger partial charge in [-0.3, -0.25) is 9.80 Å². The number of nitrogens with zero attached hydrogens (tertiary/aromatic N) is 2. The van der Waals surface area contributed by atoms with Gasteiger partial charge < -0.3 is 10.4 Å². The highest BCUT2D eigenvalue weighted by Gasteiger charge is 2.16. The van der Waals surface area contributed by atoms with Gasteiger partial charge in [-0.05, 0) is 13.1 Å². The smallest absolute Gasteiger partial charge is 0.127 e. The predicted molar refractivity (Wildman–Crippen MR) is 78.1 cm³/mol.